The summed E-state index contributed by atoms with van der Waals surface area (Å²) in [5.41, 5.74) is 0. The molecule has 0 aliphatic carbocycles. The van der Waals surface area contributed by atoms with Gasteiger partial charge in [-0.25, -0.2) is 0 Å². The third-order valence-electron chi connectivity index (χ3n) is 2.15. The first-order valence-corrected chi connectivity index (χ1v) is 5.42. The molecule has 6 heteroatoms. The van der Waals surface area contributed by atoms with Crippen molar-refractivity contribution in [3.8, 4) is 0 Å². The molecule has 0 aromatic carbocycles. The van der Waals surface area contributed by atoms with Crippen molar-refractivity contribution >= 4 is 0 Å². The Hall–Kier alpha value is -0.240. The van der Waals surface area contributed by atoms with Gasteiger partial charge in [-0.1, -0.05) is 0 Å². The van der Waals surface area contributed by atoms with Crippen molar-refractivity contribution < 1.29 is 29.9 Å². The maximum absolute atomic E-state index is 9.71. The molecule has 0 radical (unpaired) electrons. The summed E-state index contributed by atoms with van der Waals surface area (Å²) in [4.78, 5) is 0. The van der Waals surface area contributed by atoms with Crippen LogP contribution in [0, 0.1) is 0 Å². The Bertz CT molecular complexity index is 165. The minimum Gasteiger partial charge on any atom is -0.394 e. The molecular formula is C10H22O6. The lowest BCUT2D eigenvalue weighted by atomic mass is 10.0. The largest absolute Gasteiger partial charge is 0.394 e. The fourth-order valence-electron chi connectivity index (χ4n) is 1.29. The minimum atomic E-state index is -1.30. The molecule has 0 saturated carbocycles. The molecule has 4 N–H and O–H groups in total. The molecule has 0 bridgehead atoms. The van der Waals surface area contributed by atoms with E-state index in [9.17, 15) is 15.3 Å². The van der Waals surface area contributed by atoms with Crippen molar-refractivity contribution in [2.24, 2.45) is 0 Å². The van der Waals surface area contributed by atoms with Gasteiger partial charge in [0.1, 0.15) is 24.4 Å². The Balaban J connectivity index is 4.28. The first-order valence-electron chi connectivity index (χ1n) is 5.42. The van der Waals surface area contributed by atoms with Gasteiger partial charge >= 0.3 is 0 Å². The lowest BCUT2D eigenvalue weighted by Gasteiger charge is -2.29. The highest BCUT2D eigenvalue weighted by Crippen LogP contribution is 2.10. The van der Waals surface area contributed by atoms with E-state index in [1.54, 1.807) is 13.8 Å². The summed E-state index contributed by atoms with van der Waals surface area (Å²) in [6.45, 7) is 3.56. The highest BCUT2D eigenvalue weighted by Gasteiger charge is 2.32. The number of ether oxygens (including phenoxy) is 2. The van der Waals surface area contributed by atoms with Crippen molar-refractivity contribution in [1.82, 2.24) is 0 Å². The van der Waals surface area contributed by atoms with E-state index < -0.39 is 31.0 Å². The van der Waals surface area contributed by atoms with E-state index in [0.717, 1.165) is 0 Å². The average molecular weight is 238 g/mol. The van der Waals surface area contributed by atoms with Crippen LogP contribution in [0.5, 0.6) is 0 Å². The topological polar surface area (TPSA) is 99.4 Å². The van der Waals surface area contributed by atoms with E-state index in [0.29, 0.717) is 6.61 Å². The van der Waals surface area contributed by atoms with Gasteiger partial charge in [0.15, 0.2) is 0 Å². The van der Waals surface area contributed by atoms with Gasteiger partial charge < -0.3 is 29.9 Å². The van der Waals surface area contributed by atoms with Gasteiger partial charge in [0.2, 0.25) is 0 Å². The van der Waals surface area contributed by atoms with Crippen LogP contribution in [0.3, 0.4) is 0 Å². The predicted molar refractivity (Wildman–Crippen MR) is 57.0 cm³/mol. The van der Waals surface area contributed by atoms with Crippen LogP contribution in [-0.4, -0.2) is 71.3 Å². The standard InChI is InChI=1S/C10H22O6/c1-3-15-6-8(13)9(14)10(16-4-2)7(12)5-11/h7-14H,3-6H2,1-2H3/t7-,8+,9-,10+/m0/s1. The van der Waals surface area contributed by atoms with E-state index >= 15 is 0 Å². The van der Waals surface area contributed by atoms with Crippen LogP contribution in [0.1, 0.15) is 13.8 Å². The Morgan fingerprint density at radius 3 is 2.06 bits per heavy atom. The number of rotatable bonds is 9. The minimum absolute atomic E-state index is 0.0423. The quantitative estimate of drug-likeness (QED) is 0.390. The average Bonchev–Trinajstić information content (AvgIpc) is 2.31. The number of aliphatic hydroxyl groups is 4. The maximum Gasteiger partial charge on any atom is 0.114 e. The zero-order valence-electron chi connectivity index (χ0n) is 9.74. The first kappa shape index (κ1) is 15.8. The van der Waals surface area contributed by atoms with Crippen LogP contribution >= 0.6 is 0 Å². The second kappa shape index (κ2) is 8.86. The Morgan fingerprint density at radius 2 is 1.62 bits per heavy atom. The lowest BCUT2D eigenvalue weighted by Crippen LogP contribution is -2.49. The Morgan fingerprint density at radius 1 is 1.00 bits per heavy atom. The highest BCUT2D eigenvalue weighted by atomic mass is 16.5. The molecule has 0 unspecified atom stereocenters. The summed E-state index contributed by atoms with van der Waals surface area (Å²) in [5, 5.41) is 37.4. The molecule has 0 saturated heterocycles. The summed E-state index contributed by atoms with van der Waals surface area (Å²) >= 11 is 0. The van der Waals surface area contributed by atoms with Crippen LogP contribution in [0.25, 0.3) is 0 Å². The molecule has 98 valence electrons. The molecule has 6 nitrogen and oxygen atoms in total. The monoisotopic (exact) mass is 238 g/mol. The number of aliphatic hydroxyl groups excluding tert-OH is 4. The molecule has 0 aromatic heterocycles. The highest BCUT2D eigenvalue weighted by molar-refractivity contribution is 4.82. The van der Waals surface area contributed by atoms with Crippen molar-refractivity contribution in [3.05, 3.63) is 0 Å². The molecule has 4 atom stereocenters. The van der Waals surface area contributed by atoms with E-state index in [4.69, 9.17) is 14.6 Å². The maximum atomic E-state index is 9.71. The third kappa shape index (κ3) is 5.20. The Labute approximate surface area is 95.4 Å². The normalized spacial score (nSPS) is 19.1. The smallest absolute Gasteiger partial charge is 0.114 e. The van der Waals surface area contributed by atoms with Gasteiger partial charge in [0.05, 0.1) is 13.2 Å². The first-order chi connectivity index (χ1) is 7.58. The summed E-state index contributed by atoms with van der Waals surface area (Å²) in [7, 11) is 0. The summed E-state index contributed by atoms with van der Waals surface area (Å²) in [5.74, 6) is 0. The van der Waals surface area contributed by atoms with Gasteiger partial charge in [-0.2, -0.15) is 0 Å². The summed E-state index contributed by atoms with van der Waals surface area (Å²) in [6.07, 6.45) is -4.71. The zero-order valence-corrected chi connectivity index (χ0v) is 9.74. The van der Waals surface area contributed by atoms with Crippen molar-refractivity contribution in [2.75, 3.05) is 26.4 Å². The molecule has 0 amide bonds. The van der Waals surface area contributed by atoms with Gasteiger partial charge in [-0.3, -0.25) is 0 Å². The van der Waals surface area contributed by atoms with E-state index in [2.05, 4.69) is 0 Å². The van der Waals surface area contributed by atoms with Crippen LogP contribution in [0.4, 0.5) is 0 Å². The van der Waals surface area contributed by atoms with Crippen molar-refractivity contribution in [1.29, 1.82) is 0 Å². The van der Waals surface area contributed by atoms with Crippen molar-refractivity contribution in [2.45, 2.75) is 38.3 Å². The van der Waals surface area contributed by atoms with E-state index in [1.807, 2.05) is 0 Å². The molecule has 0 aliphatic rings. The molecule has 0 spiro atoms. The van der Waals surface area contributed by atoms with E-state index in [-0.39, 0.29) is 13.2 Å². The fourth-order valence-corrected chi connectivity index (χ4v) is 1.29. The van der Waals surface area contributed by atoms with Crippen LogP contribution in [0.15, 0.2) is 0 Å². The fraction of sp³-hybridized carbons (Fsp3) is 1.00. The second-order valence-electron chi connectivity index (χ2n) is 3.39. The molecule has 0 aliphatic heterocycles. The second-order valence-corrected chi connectivity index (χ2v) is 3.39. The molecule has 0 rings (SSSR count). The Kier molecular flexibility index (Phi) is 8.73. The molecular weight excluding hydrogens is 216 g/mol. The molecule has 16 heavy (non-hydrogen) atoms. The number of hydrogen-bond acceptors (Lipinski definition) is 6. The zero-order chi connectivity index (χ0) is 12.6. The van der Waals surface area contributed by atoms with Gasteiger partial charge in [0, 0.05) is 13.2 Å². The number of hydrogen-bond donors (Lipinski definition) is 4. The summed E-state index contributed by atoms with van der Waals surface area (Å²) in [6, 6.07) is 0. The van der Waals surface area contributed by atoms with Crippen LogP contribution < -0.4 is 0 Å². The third-order valence-corrected chi connectivity index (χ3v) is 2.15. The molecule has 0 fully saturated rings. The molecule has 0 heterocycles. The molecule has 0 aromatic rings. The van der Waals surface area contributed by atoms with Gasteiger partial charge in [-0.15, -0.1) is 0 Å². The lowest BCUT2D eigenvalue weighted by molar-refractivity contribution is -0.150. The van der Waals surface area contributed by atoms with Gasteiger partial charge in [-0.05, 0) is 13.8 Å². The van der Waals surface area contributed by atoms with Crippen LogP contribution in [0.2, 0.25) is 0 Å². The predicted octanol–water partition coefficient (Wildman–Crippen LogP) is -1.50. The van der Waals surface area contributed by atoms with Crippen molar-refractivity contribution in [3.63, 3.8) is 0 Å². The SMILES string of the molecule is CCOC[C@@H](O)[C@H](O)[C@H](OCC)[C@@H](O)CO. The van der Waals surface area contributed by atoms with Crippen LogP contribution in [-0.2, 0) is 9.47 Å². The van der Waals surface area contributed by atoms with Gasteiger partial charge in [0.25, 0.3) is 0 Å². The van der Waals surface area contributed by atoms with E-state index in [1.165, 1.54) is 0 Å². The summed E-state index contributed by atoms with van der Waals surface area (Å²) < 4.78 is 10.0.